The lowest BCUT2D eigenvalue weighted by Crippen LogP contribution is -2.07. The summed E-state index contributed by atoms with van der Waals surface area (Å²) in [6.45, 7) is 2.78. The third-order valence-corrected chi connectivity index (χ3v) is 3.35. The van der Waals surface area contributed by atoms with Crippen LogP contribution in [0.1, 0.15) is 11.3 Å². The quantitative estimate of drug-likeness (QED) is 0.781. The van der Waals surface area contributed by atoms with Crippen LogP contribution in [0.2, 0.25) is 0 Å². The predicted molar refractivity (Wildman–Crippen MR) is 85.8 cm³/mol. The molecule has 3 aromatic rings. The number of hydrogen-bond acceptors (Lipinski definition) is 3. The Kier molecular flexibility index (Phi) is 3.84. The minimum Gasteiger partial charge on any atom is -0.438 e. The third kappa shape index (κ3) is 3.03. The van der Waals surface area contributed by atoms with Crippen molar-refractivity contribution < 1.29 is 4.74 Å². The average molecular weight is 278 g/mol. The van der Waals surface area contributed by atoms with Gasteiger partial charge in [-0.15, -0.1) is 0 Å². The van der Waals surface area contributed by atoms with Crippen LogP contribution in [0, 0.1) is 6.92 Å². The van der Waals surface area contributed by atoms with Crippen molar-refractivity contribution in [1.29, 1.82) is 0 Å². The molecule has 3 rings (SSSR count). The number of nitrogens with zero attached hydrogens (tertiary/aromatic N) is 1. The molecule has 1 N–H and O–H groups in total. The van der Waals surface area contributed by atoms with E-state index in [1.165, 1.54) is 5.56 Å². The van der Waals surface area contributed by atoms with Crippen LogP contribution in [-0.2, 0) is 6.54 Å². The summed E-state index contributed by atoms with van der Waals surface area (Å²) in [5, 5.41) is 5.29. The number of fused-ring (bicyclic) bond motifs is 1. The number of hydrogen-bond donors (Lipinski definition) is 1. The molecule has 0 aliphatic rings. The molecule has 0 radical (unpaired) electrons. The maximum atomic E-state index is 5.99. The molecule has 0 spiro atoms. The van der Waals surface area contributed by atoms with Gasteiger partial charge >= 0.3 is 0 Å². The Hall–Kier alpha value is -2.39. The minimum atomic E-state index is 0.655. The van der Waals surface area contributed by atoms with Gasteiger partial charge in [-0.2, -0.15) is 0 Å². The Labute approximate surface area is 124 Å². The van der Waals surface area contributed by atoms with E-state index >= 15 is 0 Å². The van der Waals surface area contributed by atoms with Crippen molar-refractivity contribution in [2.75, 3.05) is 7.05 Å². The topological polar surface area (TPSA) is 34.1 Å². The first-order chi connectivity index (χ1) is 10.3. The van der Waals surface area contributed by atoms with Gasteiger partial charge in [-0.25, -0.2) is 4.98 Å². The molecule has 0 atom stereocenters. The standard InChI is InChI=1S/C18H18N2O/c1-13-7-9-16(10-8-13)21-18-17-6-4-3-5-14(17)11-15(20-18)12-19-2/h3-11,19H,12H2,1-2H3. The van der Waals surface area contributed by atoms with Gasteiger partial charge in [-0.1, -0.05) is 35.9 Å². The van der Waals surface area contributed by atoms with E-state index in [1.54, 1.807) is 0 Å². The van der Waals surface area contributed by atoms with Crippen molar-refractivity contribution in [3.63, 3.8) is 0 Å². The summed E-state index contributed by atoms with van der Waals surface area (Å²) in [7, 11) is 1.91. The largest absolute Gasteiger partial charge is 0.438 e. The van der Waals surface area contributed by atoms with E-state index < -0.39 is 0 Å². The van der Waals surface area contributed by atoms with E-state index in [4.69, 9.17) is 4.74 Å². The van der Waals surface area contributed by atoms with Crippen molar-refractivity contribution >= 4 is 10.8 Å². The van der Waals surface area contributed by atoms with Crippen molar-refractivity contribution in [1.82, 2.24) is 10.3 Å². The molecule has 0 aliphatic heterocycles. The third-order valence-electron chi connectivity index (χ3n) is 3.35. The summed E-state index contributed by atoms with van der Waals surface area (Å²) >= 11 is 0. The van der Waals surface area contributed by atoms with E-state index in [9.17, 15) is 0 Å². The average Bonchev–Trinajstić information content (AvgIpc) is 2.50. The second-order valence-corrected chi connectivity index (χ2v) is 5.09. The zero-order chi connectivity index (χ0) is 14.7. The molecule has 0 fully saturated rings. The van der Waals surface area contributed by atoms with Crippen molar-refractivity contribution in [2.45, 2.75) is 13.5 Å². The molecule has 3 nitrogen and oxygen atoms in total. The zero-order valence-corrected chi connectivity index (χ0v) is 12.3. The highest BCUT2D eigenvalue weighted by molar-refractivity contribution is 5.87. The Bertz CT molecular complexity index is 751. The number of aryl methyl sites for hydroxylation is 1. The normalized spacial score (nSPS) is 10.8. The highest BCUT2D eigenvalue weighted by Gasteiger charge is 2.08. The molecule has 0 bridgehead atoms. The molecule has 1 heterocycles. The minimum absolute atomic E-state index is 0.655. The Balaban J connectivity index is 2.04. The SMILES string of the molecule is CNCc1cc2ccccc2c(Oc2ccc(C)cc2)n1. The lowest BCUT2D eigenvalue weighted by atomic mass is 10.1. The molecule has 21 heavy (non-hydrogen) atoms. The maximum absolute atomic E-state index is 5.99. The molecule has 106 valence electrons. The summed E-state index contributed by atoms with van der Waals surface area (Å²) < 4.78 is 5.99. The van der Waals surface area contributed by atoms with E-state index in [-0.39, 0.29) is 0 Å². The van der Waals surface area contributed by atoms with Gasteiger partial charge in [-0.3, -0.25) is 0 Å². The van der Waals surface area contributed by atoms with Crippen molar-refractivity contribution in [3.05, 3.63) is 65.9 Å². The number of rotatable bonds is 4. The predicted octanol–water partition coefficient (Wildman–Crippen LogP) is 4.05. The van der Waals surface area contributed by atoms with Crippen molar-refractivity contribution in [2.24, 2.45) is 0 Å². The van der Waals surface area contributed by atoms with Crippen LogP contribution in [0.15, 0.2) is 54.6 Å². The number of pyridine rings is 1. The smallest absolute Gasteiger partial charge is 0.227 e. The highest BCUT2D eigenvalue weighted by atomic mass is 16.5. The van der Waals surface area contributed by atoms with Gasteiger partial charge < -0.3 is 10.1 Å². The summed E-state index contributed by atoms with van der Waals surface area (Å²) in [6.07, 6.45) is 0. The lowest BCUT2D eigenvalue weighted by Gasteiger charge is -2.10. The van der Waals surface area contributed by atoms with E-state index in [0.29, 0.717) is 5.88 Å². The van der Waals surface area contributed by atoms with Crippen molar-refractivity contribution in [3.8, 4) is 11.6 Å². The summed E-state index contributed by atoms with van der Waals surface area (Å²) in [6, 6.07) is 18.3. The van der Waals surface area contributed by atoms with Crippen LogP contribution in [0.3, 0.4) is 0 Å². The summed E-state index contributed by atoms with van der Waals surface area (Å²) in [4.78, 5) is 4.62. The summed E-state index contributed by atoms with van der Waals surface area (Å²) in [5.41, 5.74) is 2.18. The fraction of sp³-hybridized carbons (Fsp3) is 0.167. The first-order valence-electron chi connectivity index (χ1n) is 7.04. The highest BCUT2D eigenvalue weighted by Crippen LogP contribution is 2.28. The fourth-order valence-corrected chi connectivity index (χ4v) is 2.29. The van der Waals surface area contributed by atoms with Gasteiger partial charge in [0, 0.05) is 11.9 Å². The maximum Gasteiger partial charge on any atom is 0.227 e. The number of benzene rings is 2. The first-order valence-corrected chi connectivity index (χ1v) is 7.04. The van der Waals surface area contributed by atoms with Gasteiger partial charge in [0.25, 0.3) is 0 Å². The van der Waals surface area contributed by atoms with Crippen LogP contribution in [0.5, 0.6) is 11.6 Å². The second kappa shape index (κ2) is 5.94. The molecule has 0 amide bonds. The van der Waals surface area contributed by atoms with Gasteiger partial charge in [0.1, 0.15) is 5.75 Å². The van der Waals surface area contributed by atoms with Crippen LogP contribution in [0.25, 0.3) is 10.8 Å². The van der Waals surface area contributed by atoms with E-state index in [0.717, 1.165) is 28.8 Å². The van der Waals surface area contributed by atoms with Gasteiger partial charge in [0.15, 0.2) is 0 Å². The van der Waals surface area contributed by atoms with E-state index in [2.05, 4.69) is 29.4 Å². The van der Waals surface area contributed by atoms with Gasteiger partial charge in [0.05, 0.1) is 5.69 Å². The fourth-order valence-electron chi connectivity index (χ4n) is 2.29. The van der Waals surface area contributed by atoms with Crippen LogP contribution in [-0.4, -0.2) is 12.0 Å². The molecule has 3 heteroatoms. The van der Waals surface area contributed by atoms with Gasteiger partial charge in [-0.05, 0) is 43.6 Å². The number of ether oxygens (including phenoxy) is 1. The molecule has 0 saturated carbocycles. The molecule has 2 aromatic carbocycles. The molecule has 0 unspecified atom stereocenters. The molecule has 0 saturated heterocycles. The molecular weight excluding hydrogens is 260 g/mol. The zero-order valence-electron chi connectivity index (χ0n) is 12.3. The summed E-state index contributed by atoms with van der Waals surface area (Å²) in [5.74, 6) is 1.46. The molecular formula is C18H18N2O. The number of aromatic nitrogens is 1. The van der Waals surface area contributed by atoms with Crippen LogP contribution < -0.4 is 10.1 Å². The monoisotopic (exact) mass is 278 g/mol. The van der Waals surface area contributed by atoms with E-state index in [1.807, 2.05) is 49.5 Å². The second-order valence-electron chi connectivity index (χ2n) is 5.09. The van der Waals surface area contributed by atoms with Crippen LogP contribution >= 0.6 is 0 Å². The Morgan fingerprint density at radius 1 is 1.05 bits per heavy atom. The first kappa shape index (κ1) is 13.6. The lowest BCUT2D eigenvalue weighted by molar-refractivity contribution is 0.466. The van der Waals surface area contributed by atoms with Gasteiger partial charge in [0.2, 0.25) is 5.88 Å². The Morgan fingerprint density at radius 3 is 2.57 bits per heavy atom. The molecule has 0 aliphatic carbocycles. The number of nitrogens with one attached hydrogen (secondary N) is 1. The Morgan fingerprint density at radius 2 is 1.81 bits per heavy atom. The molecule has 1 aromatic heterocycles. The van der Waals surface area contributed by atoms with Crippen LogP contribution in [0.4, 0.5) is 0 Å².